The first-order valence-electron chi connectivity index (χ1n) is 5.60. The predicted molar refractivity (Wildman–Crippen MR) is 74.1 cm³/mol. The zero-order valence-corrected chi connectivity index (χ0v) is 11.1. The molecule has 0 aliphatic carbocycles. The Balaban J connectivity index is 1.84. The number of hydrogen-bond donors (Lipinski definition) is 1. The van der Waals surface area contributed by atoms with Crippen molar-refractivity contribution in [3.05, 3.63) is 51.2 Å². The molecule has 1 aliphatic rings. The normalized spacial score (nSPS) is 14.3. The van der Waals surface area contributed by atoms with E-state index < -0.39 is 0 Å². The van der Waals surface area contributed by atoms with Gasteiger partial charge in [-0.15, -0.1) is 11.3 Å². The molecule has 1 amide bonds. The Morgan fingerprint density at radius 1 is 1.33 bits per heavy atom. The third kappa shape index (κ3) is 1.98. The highest BCUT2D eigenvalue weighted by atomic mass is 35.5. The first kappa shape index (κ1) is 11.6. The summed E-state index contributed by atoms with van der Waals surface area (Å²) < 4.78 is 0. The number of nitrogens with zero attached hydrogens (tertiary/aromatic N) is 1. The van der Waals surface area contributed by atoms with Crippen LogP contribution in [-0.4, -0.2) is 17.5 Å². The molecule has 3 nitrogen and oxygen atoms in total. The van der Waals surface area contributed by atoms with Gasteiger partial charge in [0, 0.05) is 11.6 Å². The molecule has 1 aromatic carbocycles. The second kappa shape index (κ2) is 4.63. The zero-order valence-electron chi connectivity index (χ0n) is 9.52. The predicted octanol–water partition coefficient (Wildman–Crippen LogP) is 3.43. The summed E-state index contributed by atoms with van der Waals surface area (Å²) in [6.07, 6.45) is 0. The van der Waals surface area contributed by atoms with Crippen LogP contribution in [-0.2, 0) is 6.54 Å². The average Bonchev–Trinajstić information content (AvgIpc) is 2.84. The van der Waals surface area contributed by atoms with Crippen molar-refractivity contribution in [1.29, 1.82) is 0 Å². The number of carbonyl (C=O) groups is 1. The molecule has 1 N–H and O–H groups in total. The molecule has 2 heterocycles. The molecule has 0 unspecified atom stereocenters. The summed E-state index contributed by atoms with van der Waals surface area (Å²) in [7, 11) is 0. The van der Waals surface area contributed by atoms with Crippen LogP contribution in [0.25, 0.3) is 0 Å². The zero-order chi connectivity index (χ0) is 12.5. The lowest BCUT2D eigenvalue weighted by molar-refractivity contribution is 0.0752. The van der Waals surface area contributed by atoms with Crippen molar-refractivity contribution in [2.45, 2.75) is 6.54 Å². The van der Waals surface area contributed by atoms with Crippen molar-refractivity contribution in [1.82, 2.24) is 4.90 Å². The number of fused-ring (bicyclic) bond motifs is 1. The number of carbonyl (C=O) groups excluding carboxylic acids is 1. The fraction of sp³-hybridized carbons (Fsp3) is 0.154. The molecule has 0 saturated carbocycles. The first-order valence-corrected chi connectivity index (χ1v) is 6.85. The van der Waals surface area contributed by atoms with Crippen LogP contribution in [0.15, 0.2) is 35.7 Å². The maximum atomic E-state index is 12.2. The lowest BCUT2D eigenvalue weighted by atomic mass is 10.2. The van der Waals surface area contributed by atoms with Crippen LogP contribution in [0.3, 0.4) is 0 Å². The number of halogens is 1. The van der Waals surface area contributed by atoms with Gasteiger partial charge in [0.05, 0.1) is 12.4 Å². The molecule has 1 aromatic heterocycles. The lowest BCUT2D eigenvalue weighted by Gasteiger charge is -2.28. The molecule has 3 rings (SSSR count). The Morgan fingerprint density at radius 3 is 3.00 bits per heavy atom. The number of hydrogen-bond acceptors (Lipinski definition) is 3. The lowest BCUT2D eigenvalue weighted by Crippen LogP contribution is -2.38. The molecule has 0 fully saturated rings. The van der Waals surface area contributed by atoms with Crippen LogP contribution in [0.5, 0.6) is 0 Å². The van der Waals surface area contributed by atoms with Crippen molar-refractivity contribution >= 4 is 34.5 Å². The van der Waals surface area contributed by atoms with Gasteiger partial charge in [-0.25, -0.2) is 0 Å². The smallest absolute Gasteiger partial charge is 0.267 e. The molecular weight excluding hydrogens is 268 g/mol. The van der Waals surface area contributed by atoms with E-state index in [9.17, 15) is 4.79 Å². The van der Waals surface area contributed by atoms with Crippen LogP contribution in [0.1, 0.15) is 15.2 Å². The van der Waals surface area contributed by atoms with Gasteiger partial charge >= 0.3 is 0 Å². The monoisotopic (exact) mass is 278 g/mol. The first-order chi connectivity index (χ1) is 8.75. The molecule has 0 atom stereocenters. The van der Waals surface area contributed by atoms with Gasteiger partial charge in [-0.2, -0.15) is 0 Å². The minimum Gasteiger partial charge on any atom is -0.366 e. The van der Waals surface area contributed by atoms with Gasteiger partial charge in [0.15, 0.2) is 0 Å². The number of amides is 1. The molecule has 0 saturated heterocycles. The van der Waals surface area contributed by atoms with E-state index in [4.69, 9.17) is 11.6 Å². The van der Waals surface area contributed by atoms with Gasteiger partial charge in [-0.3, -0.25) is 4.79 Å². The highest BCUT2D eigenvalue weighted by Crippen LogP contribution is 2.28. The van der Waals surface area contributed by atoms with Crippen molar-refractivity contribution in [3.8, 4) is 0 Å². The summed E-state index contributed by atoms with van der Waals surface area (Å²) in [5.41, 5.74) is 1.90. The Labute approximate surface area is 114 Å². The van der Waals surface area contributed by atoms with Gasteiger partial charge in [-0.05, 0) is 23.1 Å². The molecule has 18 heavy (non-hydrogen) atoms. The number of benzene rings is 1. The second-order valence-corrected chi connectivity index (χ2v) is 5.42. The number of nitrogens with one attached hydrogen (secondary N) is 1. The SMILES string of the molecule is O=C1c2sccc2NCN1Cc1ccccc1Cl. The van der Waals surface area contributed by atoms with Crippen molar-refractivity contribution in [2.75, 3.05) is 12.0 Å². The third-order valence-electron chi connectivity index (χ3n) is 2.93. The van der Waals surface area contributed by atoms with E-state index in [0.29, 0.717) is 18.2 Å². The van der Waals surface area contributed by atoms with Crippen LogP contribution in [0.2, 0.25) is 5.02 Å². The van der Waals surface area contributed by atoms with Gasteiger partial charge in [0.25, 0.3) is 5.91 Å². The van der Waals surface area contributed by atoms with E-state index in [-0.39, 0.29) is 5.91 Å². The van der Waals surface area contributed by atoms with Gasteiger partial charge < -0.3 is 10.2 Å². The summed E-state index contributed by atoms with van der Waals surface area (Å²) in [5, 5.41) is 5.86. The van der Waals surface area contributed by atoms with Crippen LogP contribution < -0.4 is 5.32 Å². The summed E-state index contributed by atoms with van der Waals surface area (Å²) >= 11 is 7.58. The fourth-order valence-corrected chi connectivity index (χ4v) is 3.00. The van der Waals surface area contributed by atoms with E-state index in [2.05, 4.69) is 5.32 Å². The molecule has 2 aromatic rings. The van der Waals surface area contributed by atoms with Crippen LogP contribution in [0.4, 0.5) is 5.69 Å². The maximum absolute atomic E-state index is 12.2. The van der Waals surface area contributed by atoms with Crippen LogP contribution >= 0.6 is 22.9 Å². The van der Waals surface area contributed by atoms with Crippen molar-refractivity contribution in [2.24, 2.45) is 0 Å². The number of thiophene rings is 1. The van der Waals surface area contributed by atoms with E-state index >= 15 is 0 Å². The minimum absolute atomic E-state index is 0.0682. The molecule has 92 valence electrons. The molecule has 5 heteroatoms. The van der Waals surface area contributed by atoms with E-state index in [0.717, 1.165) is 16.1 Å². The Kier molecular flexibility index (Phi) is 2.97. The quantitative estimate of drug-likeness (QED) is 0.913. The van der Waals surface area contributed by atoms with Crippen molar-refractivity contribution in [3.63, 3.8) is 0 Å². The van der Waals surface area contributed by atoms with Gasteiger partial charge in [0.1, 0.15) is 4.88 Å². The third-order valence-corrected chi connectivity index (χ3v) is 4.20. The highest BCUT2D eigenvalue weighted by Gasteiger charge is 2.25. The fourth-order valence-electron chi connectivity index (χ4n) is 1.97. The standard InChI is InChI=1S/C13H11ClN2OS/c14-10-4-2-1-3-9(10)7-16-8-15-11-5-6-18-12(11)13(16)17/h1-6,15H,7-8H2. The molecule has 0 bridgehead atoms. The van der Waals surface area contributed by atoms with E-state index in [1.54, 1.807) is 4.90 Å². The van der Waals surface area contributed by atoms with Crippen molar-refractivity contribution < 1.29 is 4.79 Å². The average molecular weight is 279 g/mol. The topological polar surface area (TPSA) is 32.3 Å². The van der Waals surface area contributed by atoms with Gasteiger partial charge in [-0.1, -0.05) is 29.8 Å². The minimum atomic E-state index is 0.0682. The largest absolute Gasteiger partial charge is 0.366 e. The summed E-state index contributed by atoms with van der Waals surface area (Å²) in [5.74, 6) is 0.0682. The number of rotatable bonds is 2. The Bertz CT molecular complexity index is 596. The second-order valence-electron chi connectivity index (χ2n) is 4.09. The summed E-state index contributed by atoms with van der Waals surface area (Å²) in [6, 6.07) is 9.54. The van der Waals surface area contributed by atoms with E-state index in [1.807, 2.05) is 35.7 Å². The van der Waals surface area contributed by atoms with Gasteiger partial charge in [0.2, 0.25) is 0 Å². The molecule has 1 aliphatic heterocycles. The number of anilines is 1. The molecular formula is C13H11ClN2OS. The molecule has 0 radical (unpaired) electrons. The highest BCUT2D eigenvalue weighted by molar-refractivity contribution is 7.12. The maximum Gasteiger partial charge on any atom is 0.267 e. The van der Waals surface area contributed by atoms with Crippen LogP contribution in [0, 0.1) is 0 Å². The summed E-state index contributed by atoms with van der Waals surface area (Å²) in [6.45, 7) is 1.05. The van der Waals surface area contributed by atoms with E-state index in [1.165, 1.54) is 11.3 Å². The Morgan fingerprint density at radius 2 is 2.17 bits per heavy atom. The summed E-state index contributed by atoms with van der Waals surface area (Å²) in [4.78, 5) is 14.8. The molecule has 0 spiro atoms. The Hall–Kier alpha value is -1.52.